The number of hydrogen-bond donors (Lipinski definition) is 1. The first-order valence-corrected chi connectivity index (χ1v) is 10.3. The van der Waals surface area contributed by atoms with Gasteiger partial charge < -0.3 is 9.32 Å². The highest BCUT2D eigenvalue weighted by molar-refractivity contribution is 7.89. The van der Waals surface area contributed by atoms with Crippen molar-refractivity contribution >= 4 is 22.0 Å². The number of amides is 1. The quantitative estimate of drug-likeness (QED) is 0.743. The SMILES string of the molecule is O=C(/C=C/c1ccco1)N1CCC(CNS(=O)(=O)c2ccc(F)c(F)c2)CC1. The van der Waals surface area contributed by atoms with Gasteiger partial charge in [-0.15, -0.1) is 0 Å². The number of furan rings is 1. The second-order valence-corrected chi connectivity index (χ2v) is 8.31. The Bertz CT molecular complexity index is 950. The monoisotopic (exact) mass is 410 g/mol. The van der Waals surface area contributed by atoms with E-state index in [-0.39, 0.29) is 23.3 Å². The molecule has 0 bridgehead atoms. The number of likely N-dealkylation sites (tertiary alicyclic amines) is 1. The summed E-state index contributed by atoms with van der Waals surface area (Å²) in [6.07, 6.45) is 5.85. The summed E-state index contributed by atoms with van der Waals surface area (Å²) in [7, 11) is -3.92. The van der Waals surface area contributed by atoms with Gasteiger partial charge >= 0.3 is 0 Å². The van der Waals surface area contributed by atoms with Crippen molar-refractivity contribution in [3.63, 3.8) is 0 Å². The Labute approximate surface area is 161 Å². The largest absolute Gasteiger partial charge is 0.465 e. The van der Waals surface area contributed by atoms with E-state index >= 15 is 0 Å². The van der Waals surface area contributed by atoms with E-state index in [9.17, 15) is 22.0 Å². The lowest BCUT2D eigenvalue weighted by Gasteiger charge is -2.31. The number of sulfonamides is 1. The maximum Gasteiger partial charge on any atom is 0.246 e. The molecule has 2 aromatic rings. The molecule has 1 aromatic heterocycles. The molecule has 0 atom stereocenters. The van der Waals surface area contributed by atoms with Crippen molar-refractivity contribution in [3.05, 3.63) is 60.1 Å². The Hall–Kier alpha value is -2.52. The van der Waals surface area contributed by atoms with Gasteiger partial charge in [0.25, 0.3) is 0 Å². The van der Waals surface area contributed by atoms with Crippen LogP contribution in [-0.4, -0.2) is 38.9 Å². The molecule has 1 fully saturated rings. The van der Waals surface area contributed by atoms with Crippen LogP contribution in [0.2, 0.25) is 0 Å². The van der Waals surface area contributed by atoms with Crippen LogP contribution in [-0.2, 0) is 14.8 Å². The molecule has 0 aliphatic carbocycles. The molecule has 28 heavy (non-hydrogen) atoms. The topological polar surface area (TPSA) is 79.6 Å². The van der Waals surface area contributed by atoms with Crippen LogP contribution in [0.5, 0.6) is 0 Å². The minimum atomic E-state index is -3.92. The zero-order valence-electron chi connectivity index (χ0n) is 15.0. The van der Waals surface area contributed by atoms with E-state index in [4.69, 9.17) is 4.42 Å². The average molecular weight is 410 g/mol. The summed E-state index contributed by atoms with van der Waals surface area (Å²) in [5.74, 6) is -1.79. The number of hydrogen-bond acceptors (Lipinski definition) is 4. The van der Waals surface area contributed by atoms with Crippen molar-refractivity contribution in [1.29, 1.82) is 0 Å². The molecule has 1 aliphatic heterocycles. The third-order valence-corrected chi connectivity index (χ3v) is 6.04. The van der Waals surface area contributed by atoms with Gasteiger partial charge in [-0.2, -0.15) is 0 Å². The lowest BCUT2D eigenvalue weighted by atomic mass is 9.97. The van der Waals surface area contributed by atoms with Gasteiger partial charge in [-0.3, -0.25) is 4.79 Å². The molecule has 0 spiro atoms. The Kier molecular flexibility index (Phi) is 6.25. The molecule has 0 radical (unpaired) electrons. The molecule has 9 heteroatoms. The molecule has 1 N–H and O–H groups in total. The maximum absolute atomic E-state index is 13.3. The van der Waals surface area contributed by atoms with E-state index < -0.39 is 21.7 Å². The van der Waals surface area contributed by atoms with E-state index in [2.05, 4.69) is 4.72 Å². The van der Waals surface area contributed by atoms with Crippen LogP contribution in [0.4, 0.5) is 8.78 Å². The van der Waals surface area contributed by atoms with Crippen LogP contribution < -0.4 is 4.72 Å². The van der Waals surface area contributed by atoms with Gasteiger partial charge in [0.1, 0.15) is 5.76 Å². The first kappa shape index (κ1) is 20.2. The van der Waals surface area contributed by atoms with Gasteiger partial charge in [0.2, 0.25) is 15.9 Å². The molecule has 150 valence electrons. The Morgan fingerprint density at radius 2 is 1.96 bits per heavy atom. The molecular weight excluding hydrogens is 390 g/mol. The Balaban J connectivity index is 1.48. The molecule has 6 nitrogen and oxygen atoms in total. The molecule has 1 saturated heterocycles. The fourth-order valence-corrected chi connectivity index (χ4v) is 4.08. The Morgan fingerprint density at radius 1 is 1.21 bits per heavy atom. The van der Waals surface area contributed by atoms with Gasteiger partial charge in [-0.1, -0.05) is 0 Å². The number of carbonyl (C=O) groups is 1. The second-order valence-electron chi connectivity index (χ2n) is 6.55. The normalized spacial score (nSPS) is 16.0. The van der Waals surface area contributed by atoms with E-state index in [1.54, 1.807) is 23.1 Å². The summed E-state index contributed by atoms with van der Waals surface area (Å²) in [6.45, 7) is 1.20. The molecule has 3 rings (SSSR count). The van der Waals surface area contributed by atoms with Gasteiger partial charge in [-0.05, 0) is 55.2 Å². The molecule has 2 heterocycles. The first-order valence-electron chi connectivity index (χ1n) is 8.80. The molecular formula is C19H20F2N2O4S. The number of nitrogens with zero attached hydrogens (tertiary/aromatic N) is 1. The smallest absolute Gasteiger partial charge is 0.246 e. The lowest BCUT2D eigenvalue weighted by Crippen LogP contribution is -2.40. The molecule has 1 aliphatic rings. The molecule has 0 unspecified atom stereocenters. The summed E-state index contributed by atoms with van der Waals surface area (Å²) in [5, 5.41) is 0. The maximum atomic E-state index is 13.3. The van der Waals surface area contributed by atoms with Gasteiger partial charge in [0, 0.05) is 25.7 Å². The van der Waals surface area contributed by atoms with Crippen LogP contribution in [0.25, 0.3) is 6.08 Å². The van der Waals surface area contributed by atoms with Crippen molar-refractivity contribution in [2.75, 3.05) is 19.6 Å². The highest BCUT2D eigenvalue weighted by atomic mass is 32.2. The van der Waals surface area contributed by atoms with Gasteiger partial charge in [0.05, 0.1) is 11.2 Å². The number of halogens is 2. The number of rotatable bonds is 6. The van der Waals surface area contributed by atoms with Crippen molar-refractivity contribution in [1.82, 2.24) is 9.62 Å². The number of nitrogens with one attached hydrogen (secondary N) is 1. The van der Waals surface area contributed by atoms with Crippen LogP contribution in [0.3, 0.4) is 0 Å². The number of carbonyl (C=O) groups excluding carboxylic acids is 1. The lowest BCUT2D eigenvalue weighted by molar-refractivity contribution is -0.127. The van der Waals surface area contributed by atoms with Crippen LogP contribution in [0.1, 0.15) is 18.6 Å². The van der Waals surface area contributed by atoms with E-state index in [1.165, 1.54) is 12.3 Å². The highest BCUT2D eigenvalue weighted by Gasteiger charge is 2.24. The van der Waals surface area contributed by atoms with Crippen molar-refractivity contribution in [2.24, 2.45) is 5.92 Å². The standard InChI is InChI=1S/C19H20F2N2O4S/c20-17-5-4-16(12-18(17)21)28(25,26)22-13-14-7-9-23(10-8-14)19(24)6-3-15-2-1-11-27-15/h1-6,11-12,14,22H,7-10,13H2/b6-3+. The Morgan fingerprint density at radius 3 is 2.61 bits per heavy atom. The molecule has 1 aromatic carbocycles. The van der Waals surface area contributed by atoms with Crippen LogP contribution in [0, 0.1) is 17.6 Å². The molecule has 1 amide bonds. The predicted molar refractivity (Wildman–Crippen MR) is 98.6 cm³/mol. The first-order chi connectivity index (χ1) is 13.3. The van der Waals surface area contributed by atoms with E-state index in [0.29, 0.717) is 37.8 Å². The third-order valence-electron chi connectivity index (χ3n) is 4.62. The van der Waals surface area contributed by atoms with E-state index in [0.717, 1.165) is 12.1 Å². The van der Waals surface area contributed by atoms with Crippen molar-refractivity contribution < 1.29 is 26.4 Å². The summed E-state index contributed by atoms with van der Waals surface area (Å²) < 4.78 is 58.2. The second kappa shape index (κ2) is 8.66. The van der Waals surface area contributed by atoms with Crippen molar-refractivity contribution in [3.8, 4) is 0 Å². The summed E-state index contributed by atoms with van der Waals surface area (Å²) >= 11 is 0. The summed E-state index contributed by atoms with van der Waals surface area (Å²) in [6, 6.07) is 5.94. The fraction of sp³-hybridized carbons (Fsp3) is 0.316. The highest BCUT2D eigenvalue weighted by Crippen LogP contribution is 2.19. The minimum absolute atomic E-state index is 0.0539. The zero-order chi connectivity index (χ0) is 20.1. The van der Waals surface area contributed by atoms with Crippen LogP contribution >= 0.6 is 0 Å². The van der Waals surface area contributed by atoms with Gasteiger partial charge in [0.15, 0.2) is 11.6 Å². The zero-order valence-corrected chi connectivity index (χ0v) is 15.8. The minimum Gasteiger partial charge on any atom is -0.465 e. The fourth-order valence-electron chi connectivity index (χ4n) is 2.96. The third kappa shape index (κ3) is 5.05. The average Bonchev–Trinajstić information content (AvgIpc) is 3.20. The predicted octanol–water partition coefficient (Wildman–Crippen LogP) is 2.79. The molecule has 0 saturated carbocycles. The summed E-state index contributed by atoms with van der Waals surface area (Å²) in [5.41, 5.74) is 0. The summed E-state index contributed by atoms with van der Waals surface area (Å²) in [4.78, 5) is 13.6. The van der Waals surface area contributed by atoms with Gasteiger partial charge in [-0.25, -0.2) is 21.9 Å². The van der Waals surface area contributed by atoms with E-state index in [1.807, 2.05) is 0 Å². The number of benzene rings is 1. The van der Waals surface area contributed by atoms with Crippen molar-refractivity contribution in [2.45, 2.75) is 17.7 Å². The van der Waals surface area contributed by atoms with Crippen LogP contribution in [0.15, 0.2) is 52.0 Å². The number of piperidine rings is 1.